The molecule has 0 spiro atoms. The lowest BCUT2D eigenvalue weighted by Crippen LogP contribution is -2.53. The predicted molar refractivity (Wildman–Crippen MR) is 113 cm³/mol. The summed E-state index contributed by atoms with van der Waals surface area (Å²) in [5.41, 5.74) is 6.61. The standard InChI is InChI=1S/C24H41N/c1-17-15-20(19-11-13-24(9,10)14-12-19)16-18(2)21(17)25(22(3,4)5)23(6,7)8/h15-16,19H,11-14H2,1-10H3. The predicted octanol–water partition coefficient (Wildman–Crippen LogP) is 7.39. The third-order valence-electron chi connectivity index (χ3n) is 5.89. The molecule has 0 aliphatic heterocycles. The lowest BCUT2D eigenvalue weighted by atomic mass is 9.71. The van der Waals surface area contributed by atoms with Gasteiger partial charge in [0.25, 0.3) is 0 Å². The Labute approximate surface area is 157 Å². The summed E-state index contributed by atoms with van der Waals surface area (Å²) < 4.78 is 0. The van der Waals surface area contributed by atoms with Crippen molar-refractivity contribution >= 4 is 5.69 Å². The number of hydrogen-bond acceptors (Lipinski definition) is 1. The molecule has 0 aromatic heterocycles. The zero-order chi connectivity index (χ0) is 19.2. The number of hydrogen-bond donors (Lipinski definition) is 0. The van der Waals surface area contributed by atoms with Crippen molar-refractivity contribution in [1.82, 2.24) is 0 Å². The molecular formula is C24H41N. The highest BCUT2D eigenvalue weighted by Gasteiger charge is 2.34. The molecule has 1 nitrogen and oxygen atoms in total. The summed E-state index contributed by atoms with van der Waals surface area (Å²) in [6, 6.07) is 4.96. The molecule has 0 atom stereocenters. The van der Waals surface area contributed by atoms with Crippen LogP contribution in [0.5, 0.6) is 0 Å². The number of aryl methyl sites for hydroxylation is 2. The molecule has 1 fully saturated rings. The molecule has 0 unspecified atom stereocenters. The lowest BCUT2D eigenvalue weighted by Gasteiger charge is -2.49. The molecule has 0 amide bonds. The van der Waals surface area contributed by atoms with Gasteiger partial charge in [-0.1, -0.05) is 26.0 Å². The normalized spacial score (nSPS) is 19.1. The van der Waals surface area contributed by atoms with Crippen LogP contribution in [0.3, 0.4) is 0 Å². The van der Waals surface area contributed by atoms with E-state index in [2.05, 4.69) is 86.3 Å². The van der Waals surface area contributed by atoms with Crippen molar-refractivity contribution in [2.75, 3.05) is 4.90 Å². The first-order valence-corrected chi connectivity index (χ1v) is 10.1. The van der Waals surface area contributed by atoms with E-state index in [0.29, 0.717) is 5.41 Å². The van der Waals surface area contributed by atoms with E-state index < -0.39 is 0 Å². The first-order chi connectivity index (χ1) is 11.2. The number of benzene rings is 1. The van der Waals surface area contributed by atoms with Crippen molar-refractivity contribution < 1.29 is 0 Å². The Morgan fingerprint density at radius 2 is 1.24 bits per heavy atom. The molecule has 0 bridgehead atoms. The Morgan fingerprint density at radius 1 is 0.840 bits per heavy atom. The smallest absolute Gasteiger partial charge is 0.0434 e. The highest BCUT2D eigenvalue weighted by atomic mass is 15.2. The van der Waals surface area contributed by atoms with E-state index in [1.807, 2.05) is 0 Å². The Bertz CT molecular complexity index is 563. The molecule has 1 aromatic carbocycles. The number of rotatable bonds is 2. The van der Waals surface area contributed by atoms with Gasteiger partial charge in [0.1, 0.15) is 0 Å². The summed E-state index contributed by atoms with van der Waals surface area (Å²) in [5, 5.41) is 0. The van der Waals surface area contributed by atoms with Crippen molar-refractivity contribution in [3.8, 4) is 0 Å². The fraction of sp³-hybridized carbons (Fsp3) is 0.750. The second-order valence-electron chi connectivity index (χ2n) is 11.1. The van der Waals surface area contributed by atoms with Crippen molar-refractivity contribution in [3.63, 3.8) is 0 Å². The first kappa shape index (κ1) is 20.3. The van der Waals surface area contributed by atoms with Crippen LogP contribution in [-0.2, 0) is 0 Å². The van der Waals surface area contributed by atoms with Gasteiger partial charge in [0, 0.05) is 16.8 Å². The molecule has 1 aromatic rings. The molecule has 0 saturated heterocycles. The van der Waals surface area contributed by atoms with E-state index in [1.165, 1.54) is 42.5 Å². The zero-order valence-electron chi connectivity index (χ0n) is 18.5. The fourth-order valence-electron chi connectivity index (χ4n) is 4.99. The molecule has 1 aliphatic rings. The van der Waals surface area contributed by atoms with Crippen LogP contribution in [0.4, 0.5) is 5.69 Å². The third-order valence-corrected chi connectivity index (χ3v) is 5.89. The molecule has 0 heterocycles. The monoisotopic (exact) mass is 343 g/mol. The maximum absolute atomic E-state index is 2.61. The average Bonchev–Trinajstić information content (AvgIpc) is 2.39. The van der Waals surface area contributed by atoms with Crippen molar-refractivity contribution in [1.29, 1.82) is 0 Å². The zero-order valence-corrected chi connectivity index (χ0v) is 18.5. The molecule has 2 rings (SSSR count). The van der Waals surface area contributed by atoms with Gasteiger partial charge in [-0.2, -0.15) is 0 Å². The summed E-state index contributed by atoms with van der Waals surface area (Å²) in [5.74, 6) is 0.747. The van der Waals surface area contributed by atoms with Gasteiger partial charge in [-0.3, -0.25) is 0 Å². The van der Waals surface area contributed by atoms with Gasteiger partial charge >= 0.3 is 0 Å². The van der Waals surface area contributed by atoms with Crippen LogP contribution in [0.1, 0.15) is 104 Å². The van der Waals surface area contributed by atoms with Crippen LogP contribution in [0.2, 0.25) is 0 Å². The Balaban J connectivity index is 2.41. The quantitative estimate of drug-likeness (QED) is 0.541. The van der Waals surface area contributed by atoms with Gasteiger partial charge in [0.05, 0.1) is 0 Å². The van der Waals surface area contributed by atoms with E-state index in [4.69, 9.17) is 0 Å². The van der Waals surface area contributed by atoms with E-state index in [0.717, 1.165) is 5.92 Å². The Hall–Kier alpha value is -0.980. The van der Waals surface area contributed by atoms with Crippen LogP contribution in [-0.4, -0.2) is 11.1 Å². The number of anilines is 1. The van der Waals surface area contributed by atoms with Gasteiger partial charge in [-0.05, 0) is 109 Å². The van der Waals surface area contributed by atoms with Crippen LogP contribution < -0.4 is 4.90 Å². The van der Waals surface area contributed by atoms with Crippen LogP contribution in [0, 0.1) is 19.3 Å². The van der Waals surface area contributed by atoms with E-state index in [-0.39, 0.29) is 11.1 Å². The summed E-state index contributed by atoms with van der Waals surface area (Å²) >= 11 is 0. The van der Waals surface area contributed by atoms with Crippen LogP contribution in [0.15, 0.2) is 12.1 Å². The second kappa shape index (κ2) is 6.63. The van der Waals surface area contributed by atoms with E-state index >= 15 is 0 Å². The molecule has 0 radical (unpaired) electrons. The van der Waals surface area contributed by atoms with Crippen LogP contribution in [0.25, 0.3) is 0 Å². The largest absolute Gasteiger partial charge is 0.361 e. The molecule has 1 aliphatic carbocycles. The van der Waals surface area contributed by atoms with E-state index in [9.17, 15) is 0 Å². The number of nitrogens with zero attached hydrogens (tertiary/aromatic N) is 1. The minimum Gasteiger partial charge on any atom is -0.361 e. The second-order valence-corrected chi connectivity index (χ2v) is 11.1. The summed E-state index contributed by atoms with van der Waals surface area (Å²) in [6.45, 7) is 23.4. The highest BCUT2D eigenvalue weighted by molar-refractivity contribution is 5.63. The van der Waals surface area contributed by atoms with Crippen molar-refractivity contribution in [2.24, 2.45) is 5.41 Å². The Morgan fingerprint density at radius 3 is 1.60 bits per heavy atom. The van der Waals surface area contributed by atoms with E-state index in [1.54, 1.807) is 5.56 Å². The maximum atomic E-state index is 2.61. The molecule has 25 heavy (non-hydrogen) atoms. The van der Waals surface area contributed by atoms with Gasteiger partial charge in [-0.25, -0.2) is 0 Å². The SMILES string of the molecule is Cc1cc(C2CCC(C)(C)CC2)cc(C)c1N(C(C)(C)C)C(C)(C)C. The maximum Gasteiger partial charge on any atom is 0.0434 e. The van der Waals surface area contributed by atoms with Gasteiger partial charge < -0.3 is 4.90 Å². The summed E-state index contributed by atoms with van der Waals surface area (Å²) in [6.07, 6.45) is 5.39. The first-order valence-electron chi connectivity index (χ1n) is 10.1. The Kier molecular flexibility index (Phi) is 5.40. The molecule has 142 valence electrons. The van der Waals surface area contributed by atoms with Crippen molar-refractivity contribution in [2.45, 2.75) is 112 Å². The van der Waals surface area contributed by atoms with Gasteiger partial charge in [0.2, 0.25) is 0 Å². The molecular weight excluding hydrogens is 302 g/mol. The van der Waals surface area contributed by atoms with Gasteiger partial charge in [0.15, 0.2) is 0 Å². The average molecular weight is 344 g/mol. The van der Waals surface area contributed by atoms with Crippen LogP contribution >= 0.6 is 0 Å². The highest BCUT2D eigenvalue weighted by Crippen LogP contribution is 2.44. The molecule has 1 saturated carbocycles. The molecule has 0 N–H and O–H groups in total. The van der Waals surface area contributed by atoms with Crippen molar-refractivity contribution in [3.05, 3.63) is 28.8 Å². The van der Waals surface area contributed by atoms with Gasteiger partial charge in [-0.15, -0.1) is 0 Å². The topological polar surface area (TPSA) is 3.24 Å². The lowest BCUT2D eigenvalue weighted by molar-refractivity contribution is 0.224. The minimum atomic E-state index is 0.101. The fourth-order valence-corrected chi connectivity index (χ4v) is 4.99. The molecule has 1 heteroatoms. The minimum absolute atomic E-state index is 0.101. The summed E-state index contributed by atoms with van der Waals surface area (Å²) in [4.78, 5) is 2.61. The summed E-state index contributed by atoms with van der Waals surface area (Å²) in [7, 11) is 0. The third kappa shape index (κ3) is 4.60.